The zero-order valence-corrected chi connectivity index (χ0v) is 18.8. The Kier molecular flexibility index (Phi) is 6.90. The van der Waals surface area contributed by atoms with Gasteiger partial charge >= 0.3 is 0 Å². The maximum Gasteiger partial charge on any atom is 0.0705 e. The highest BCUT2D eigenvalue weighted by Crippen LogP contribution is 2.17. The molecule has 4 heteroatoms. The lowest BCUT2D eigenvalue weighted by molar-refractivity contribution is 0.233. The molecule has 4 nitrogen and oxygen atoms in total. The van der Waals surface area contributed by atoms with Crippen LogP contribution in [0.1, 0.15) is 36.7 Å². The second-order valence-electron chi connectivity index (χ2n) is 8.59. The molecule has 0 amide bonds. The number of fused-ring (bicyclic) bond motifs is 2. The first-order valence-corrected chi connectivity index (χ1v) is 11.2. The zero-order valence-electron chi connectivity index (χ0n) is 18.8. The van der Waals surface area contributed by atoms with Gasteiger partial charge in [0.05, 0.1) is 11.0 Å². The number of aryl methyl sites for hydroxylation is 1. The van der Waals surface area contributed by atoms with Gasteiger partial charge in [0.15, 0.2) is 0 Å². The Morgan fingerprint density at radius 2 is 1.58 bits per heavy atom. The molecule has 2 aromatic carbocycles. The summed E-state index contributed by atoms with van der Waals surface area (Å²) >= 11 is 0. The molecule has 3 heterocycles. The van der Waals surface area contributed by atoms with Gasteiger partial charge in [-0.15, -0.1) is 0 Å². The van der Waals surface area contributed by atoms with Gasteiger partial charge in [-0.3, -0.25) is 14.9 Å². The molecule has 0 unspecified atom stereocenters. The maximum absolute atomic E-state index is 4.57. The number of aromatic nitrogens is 2. The number of pyridine rings is 2. The van der Waals surface area contributed by atoms with Gasteiger partial charge in [0.2, 0.25) is 0 Å². The number of benzene rings is 2. The Morgan fingerprint density at radius 3 is 2.39 bits per heavy atom. The van der Waals surface area contributed by atoms with Gasteiger partial charge < -0.3 is 5.32 Å². The third kappa shape index (κ3) is 5.66. The first-order chi connectivity index (χ1) is 15.1. The highest BCUT2D eigenvalue weighted by molar-refractivity contribution is 5.79. The van der Waals surface area contributed by atoms with E-state index in [-0.39, 0.29) is 0 Å². The summed E-state index contributed by atoms with van der Waals surface area (Å²) in [6.07, 6.45) is 0. The maximum atomic E-state index is 4.57. The molecule has 0 aliphatic carbocycles. The average Bonchev–Trinajstić information content (AvgIpc) is 2.80. The van der Waals surface area contributed by atoms with Crippen LogP contribution in [0.4, 0.5) is 0 Å². The van der Waals surface area contributed by atoms with E-state index in [4.69, 9.17) is 0 Å². The van der Waals surface area contributed by atoms with Crippen LogP contribution >= 0.6 is 0 Å². The van der Waals surface area contributed by atoms with Crippen molar-refractivity contribution in [3.63, 3.8) is 0 Å². The number of hydrogen-bond acceptors (Lipinski definition) is 4. The average molecular weight is 413 g/mol. The van der Waals surface area contributed by atoms with E-state index in [1.165, 1.54) is 22.0 Å². The van der Waals surface area contributed by atoms with E-state index in [0.717, 1.165) is 49.5 Å². The highest BCUT2D eigenvalue weighted by Gasteiger charge is 2.10. The minimum atomic E-state index is 0.504. The molecular weight excluding hydrogens is 380 g/mol. The summed E-state index contributed by atoms with van der Waals surface area (Å²) in [6.45, 7) is 11.9. The summed E-state index contributed by atoms with van der Waals surface area (Å²) in [5.74, 6) is 0.504. The largest absolute Gasteiger partial charge is 0.314 e. The van der Waals surface area contributed by atoms with Crippen LogP contribution in [0.3, 0.4) is 0 Å². The summed E-state index contributed by atoms with van der Waals surface area (Å²) in [5.41, 5.74) is 5.82. The van der Waals surface area contributed by atoms with E-state index in [9.17, 15) is 0 Å². The molecule has 1 fully saturated rings. The molecule has 0 radical (unpaired) electrons. The monoisotopic (exact) mass is 412 g/mol. The van der Waals surface area contributed by atoms with Crippen LogP contribution in [0.25, 0.3) is 21.8 Å². The molecule has 2 aromatic heterocycles. The number of para-hydroxylation sites is 1. The summed E-state index contributed by atoms with van der Waals surface area (Å²) in [7, 11) is 0. The third-order valence-electron chi connectivity index (χ3n) is 5.72. The van der Waals surface area contributed by atoms with Crippen molar-refractivity contribution in [3.05, 3.63) is 83.7 Å². The number of nitrogens with one attached hydrogen (secondary N) is 1. The lowest BCUT2D eigenvalue weighted by Gasteiger charge is -2.27. The third-order valence-corrected chi connectivity index (χ3v) is 5.72. The quantitative estimate of drug-likeness (QED) is 0.495. The second-order valence-corrected chi connectivity index (χ2v) is 8.59. The Bertz CT molecular complexity index is 1150. The Balaban J connectivity index is 0.000000158. The van der Waals surface area contributed by atoms with Crippen molar-refractivity contribution in [1.29, 1.82) is 0 Å². The van der Waals surface area contributed by atoms with Crippen molar-refractivity contribution in [2.24, 2.45) is 0 Å². The molecule has 1 aliphatic heterocycles. The number of nitrogens with zero attached hydrogens (tertiary/aromatic N) is 3. The predicted octanol–water partition coefficient (Wildman–Crippen LogP) is 5.31. The second kappa shape index (κ2) is 9.99. The summed E-state index contributed by atoms with van der Waals surface area (Å²) in [5, 5.41) is 5.84. The molecule has 4 aromatic rings. The smallest absolute Gasteiger partial charge is 0.0705 e. The van der Waals surface area contributed by atoms with Crippen LogP contribution in [0.15, 0.2) is 66.7 Å². The van der Waals surface area contributed by atoms with Gasteiger partial charge in [0.1, 0.15) is 0 Å². The summed E-state index contributed by atoms with van der Waals surface area (Å²) < 4.78 is 0. The van der Waals surface area contributed by atoms with E-state index in [1.54, 1.807) is 0 Å². The van der Waals surface area contributed by atoms with Gasteiger partial charge in [0, 0.05) is 54.9 Å². The van der Waals surface area contributed by atoms with Gasteiger partial charge in [-0.05, 0) is 48.7 Å². The first-order valence-electron chi connectivity index (χ1n) is 11.2. The molecule has 0 bridgehead atoms. The molecule has 0 atom stereocenters. The predicted molar refractivity (Wildman–Crippen MR) is 130 cm³/mol. The lowest BCUT2D eigenvalue weighted by atomic mass is 10.1. The van der Waals surface area contributed by atoms with E-state index in [1.807, 2.05) is 19.1 Å². The SMILES string of the molecule is CC(C)c1ccc2ccccc2n1.Cc1ccc2cc(CN3CCNCC3)ccc2n1. The fraction of sp³-hybridized carbons (Fsp3) is 0.333. The van der Waals surface area contributed by atoms with E-state index in [2.05, 4.69) is 88.6 Å². The van der Waals surface area contributed by atoms with Gasteiger partial charge in [-0.2, -0.15) is 0 Å². The van der Waals surface area contributed by atoms with Gasteiger partial charge in [0.25, 0.3) is 0 Å². The van der Waals surface area contributed by atoms with Gasteiger partial charge in [-0.1, -0.05) is 50.2 Å². The Morgan fingerprint density at radius 1 is 0.839 bits per heavy atom. The molecule has 160 valence electrons. The molecule has 1 aliphatic rings. The number of piperazine rings is 1. The van der Waals surface area contributed by atoms with Gasteiger partial charge in [-0.25, -0.2) is 0 Å². The first kappa shape index (κ1) is 21.4. The van der Waals surface area contributed by atoms with Crippen molar-refractivity contribution in [2.45, 2.75) is 33.2 Å². The van der Waals surface area contributed by atoms with Crippen LogP contribution in [-0.2, 0) is 6.54 Å². The van der Waals surface area contributed by atoms with Crippen LogP contribution in [0.2, 0.25) is 0 Å². The Labute approximate surface area is 185 Å². The van der Waals surface area contributed by atoms with Crippen molar-refractivity contribution >= 4 is 21.8 Å². The molecule has 0 saturated carbocycles. The summed E-state index contributed by atoms with van der Waals surface area (Å²) in [4.78, 5) is 11.6. The highest BCUT2D eigenvalue weighted by atomic mass is 15.2. The molecule has 1 N–H and O–H groups in total. The normalized spacial score (nSPS) is 14.6. The fourth-order valence-corrected chi connectivity index (χ4v) is 3.91. The number of rotatable bonds is 3. The molecule has 5 rings (SSSR count). The Hall–Kier alpha value is -2.82. The minimum absolute atomic E-state index is 0.504. The van der Waals surface area contributed by atoms with Crippen molar-refractivity contribution in [3.8, 4) is 0 Å². The van der Waals surface area contributed by atoms with Crippen LogP contribution < -0.4 is 5.32 Å². The van der Waals surface area contributed by atoms with Crippen LogP contribution in [-0.4, -0.2) is 41.0 Å². The number of hydrogen-bond donors (Lipinski definition) is 1. The topological polar surface area (TPSA) is 41.1 Å². The van der Waals surface area contributed by atoms with Crippen LogP contribution in [0, 0.1) is 6.92 Å². The van der Waals surface area contributed by atoms with Crippen molar-refractivity contribution in [1.82, 2.24) is 20.2 Å². The fourth-order valence-electron chi connectivity index (χ4n) is 3.91. The van der Waals surface area contributed by atoms with Crippen molar-refractivity contribution < 1.29 is 0 Å². The molecule has 0 spiro atoms. The minimum Gasteiger partial charge on any atom is -0.314 e. The van der Waals surface area contributed by atoms with E-state index >= 15 is 0 Å². The standard InChI is InChI=1S/C15H19N3.C12H13N/c1-12-2-4-14-10-13(3-5-15(14)17-12)11-18-8-6-16-7-9-18;1-9(2)11-8-7-10-5-3-4-6-12(10)13-11/h2-5,10,16H,6-9,11H2,1H3;3-9H,1-2H3. The lowest BCUT2D eigenvalue weighted by Crippen LogP contribution is -2.42. The zero-order chi connectivity index (χ0) is 21.6. The van der Waals surface area contributed by atoms with Crippen molar-refractivity contribution in [2.75, 3.05) is 26.2 Å². The summed E-state index contributed by atoms with van der Waals surface area (Å²) in [6, 6.07) is 23.3. The molecular formula is C27H32N4. The van der Waals surface area contributed by atoms with E-state index in [0.29, 0.717) is 5.92 Å². The van der Waals surface area contributed by atoms with Crippen LogP contribution in [0.5, 0.6) is 0 Å². The van der Waals surface area contributed by atoms with E-state index < -0.39 is 0 Å². The molecule has 31 heavy (non-hydrogen) atoms. The molecule has 1 saturated heterocycles.